The van der Waals surface area contributed by atoms with Crippen LogP contribution in [0.4, 0.5) is 0 Å². The number of benzene rings is 1. The van der Waals surface area contributed by atoms with Gasteiger partial charge in [0.2, 0.25) is 0 Å². The molecule has 0 aromatic heterocycles. The monoisotopic (exact) mass is 315 g/mol. The summed E-state index contributed by atoms with van der Waals surface area (Å²) >= 11 is 7.62. The number of esters is 1. The molecule has 0 spiro atoms. The van der Waals surface area contributed by atoms with Gasteiger partial charge in [0.1, 0.15) is 6.54 Å². The Morgan fingerprint density at radius 2 is 2.05 bits per heavy atom. The number of hydrogen-bond acceptors (Lipinski definition) is 4. The van der Waals surface area contributed by atoms with Crippen molar-refractivity contribution in [3.63, 3.8) is 0 Å². The number of carbonyl (C=O) groups excluding carboxylic acids is 2. The van der Waals surface area contributed by atoms with E-state index >= 15 is 0 Å². The van der Waals surface area contributed by atoms with Crippen LogP contribution in [0.25, 0.3) is 0 Å². The molecule has 0 saturated carbocycles. The van der Waals surface area contributed by atoms with Crippen molar-refractivity contribution in [3.05, 3.63) is 28.8 Å². The molecule has 0 heterocycles. The highest BCUT2D eigenvalue weighted by atomic mass is 35.5. The maximum Gasteiger partial charge on any atom is 0.325 e. The Labute approximate surface area is 128 Å². The molecule has 1 aromatic rings. The highest BCUT2D eigenvalue weighted by Gasteiger charge is 2.23. The predicted octanol–water partition coefficient (Wildman–Crippen LogP) is 3.09. The third-order valence-corrected chi connectivity index (χ3v) is 3.87. The number of methoxy groups -OCH3 is 1. The average molecular weight is 316 g/mol. The van der Waals surface area contributed by atoms with E-state index in [1.54, 1.807) is 12.1 Å². The Hall–Kier alpha value is -1.20. The van der Waals surface area contributed by atoms with Crippen LogP contribution < -0.4 is 0 Å². The molecule has 1 rings (SSSR count). The van der Waals surface area contributed by atoms with Crippen LogP contribution in [0, 0.1) is 0 Å². The van der Waals surface area contributed by atoms with Gasteiger partial charge in [-0.15, -0.1) is 11.8 Å². The van der Waals surface area contributed by atoms with Gasteiger partial charge in [-0.3, -0.25) is 9.59 Å². The first-order valence-electron chi connectivity index (χ1n) is 6.12. The first-order chi connectivity index (χ1) is 9.40. The van der Waals surface area contributed by atoms with Crippen LogP contribution in [0.1, 0.15) is 24.2 Å². The lowest BCUT2D eigenvalue weighted by atomic mass is 10.1. The molecule has 0 bridgehead atoms. The lowest BCUT2D eigenvalue weighted by Crippen LogP contribution is -2.41. The summed E-state index contributed by atoms with van der Waals surface area (Å²) in [6, 6.07) is 5.15. The third-order valence-electron chi connectivity index (χ3n) is 2.82. The maximum atomic E-state index is 12.6. The molecule has 1 amide bonds. The summed E-state index contributed by atoms with van der Waals surface area (Å²) in [5.41, 5.74) is 0.399. The zero-order valence-corrected chi connectivity index (χ0v) is 13.5. The van der Waals surface area contributed by atoms with E-state index in [0.29, 0.717) is 10.6 Å². The van der Waals surface area contributed by atoms with Gasteiger partial charge in [0.25, 0.3) is 5.91 Å². The summed E-state index contributed by atoms with van der Waals surface area (Å²) in [6.07, 6.45) is 1.92. The first kappa shape index (κ1) is 16.9. The summed E-state index contributed by atoms with van der Waals surface area (Å²) < 4.78 is 4.62. The molecule has 0 saturated heterocycles. The Morgan fingerprint density at radius 3 is 2.55 bits per heavy atom. The molecule has 0 aliphatic heterocycles. The molecule has 110 valence electrons. The van der Waals surface area contributed by atoms with E-state index in [-0.39, 0.29) is 18.5 Å². The molecule has 0 aliphatic carbocycles. The van der Waals surface area contributed by atoms with Crippen LogP contribution in [-0.4, -0.2) is 42.7 Å². The molecule has 0 unspecified atom stereocenters. The standard InChI is InChI=1S/C14H18ClNO3S/c1-9(2)16(8-13(17)19-3)14(18)11-7-10(20-4)5-6-12(11)15/h5-7,9H,8H2,1-4H3. The summed E-state index contributed by atoms with van der Waals surface area (Å²) in [6.45, 7) is 3.59. The van der Waals surface area contributed by atoms with Gasteiger partial charge in [-0.25, -0.2) is 0 Å². The minimum Gasteiger partial charge on any atom is -0.468 e. The number of hydrogen-bond donors (Lipinski definition) is 0. The molecule has 20 heavy (non-hydrogen) atoms. The Balaban J connectivity index is 3.09. The molecular weight excluding hydrogens is 298 g/mol. The number of nitrogens with zero attached hydrogens (tertiary/aromatic N) is 1. The van der Waals surface area contributed by atoms with Crippen LogP contribution >= 0.6 is 23.4 Å². The number of amides is 1. The fourth-order valence-corrected chi connectivity index (χ4v) is 2.28. The fraction of sp³-hybridized carbons (Fsp3) is 0.429. The largest absolute Gasteiger partial charge is 0.468 e. The molecule has 0 aliphatic rings. The van der Waals surface area contributed by atoms with Crippen molar-refractivity contribution in [1.82, 2.24) is 4.90 Å². The maximum absolute atomic E-state index is 12.6. The molecular formula is C14H18ClNO3S. The van der Waals surface area contributed by atoms with E-state index in [2.05, 4.69) is 4.74 Å². The van der Waals surface area contributed by atoms with Crippen molar-refractivity contribution in [2.45, 2.75) is 24.8 Å². The lowest BCUT2D eigenvalue weighted by molar-refractivity contribution is -0.141. The van der Waals surface area contributed by atoms with Gasteiger partial charge in [-0.2, -0.15) is 0 Å². The topological polar surface area (TPSA) is 46.6 Å². The predicted molar refractivity (Wildman–Crippen MR) is 81.4 cm³/mol. The fourth-order valence-electron chi connectivity index (χ4n) is 1.64. The smallest absolute Gasteiger partial charge is 0.325 e. The second-order valence-electron chi connectivity index (χ2n) is 4.45. The molecule has 0 radical (unpaired) electrons. The zero-order valence-electron chi connectivity index (χ0n) is 12.0. The van der Waals surface area contributed by atoms with E-state index in [1.165, 1.54) is 23.8 Å². The number of halogens is 1. The molecule has 0 N–H and O–H groups in total. The second-order valence-corrected chi connectivity index (χ2v) is 5.74. The van der Waals surface area contributed by atoms with Crippen molar-refractivity contribution >= 4 is 35.2 Å². The lowest BCUT2D eigenvalue weighted by Gasteiger charge is -2.26. The number of rotatable bonds is 5. The van der Waals surface area contributed by atoms with Gasteiger partial charge in [0.15, 0.2) is 0 Å². The summed E-state index contributed by atoms with van der Waals surface area (Å²) in [7, 11) is 1.30. The number of thioether (sulfide) groups is 1. The average Bonchev–Trinajstić information content (AvgIpc) is 2.43. The van der Waals surface area contributed by atoms with Crippen molar-refractivity contribution in [2.75, 3.05) is 19.9 Å². The van der Waals surface area contributed by atoms with Crippen molar-refractivity contribution in [1.29, 1.82) is 0 Å². The molecule has 4 nitrogen and oxygen atoms in total. The Kier molecular flexibility index (Phi) is 6.36. The zero-order chi connectivity index (χ0) is 15.3. The Bertz CT molecular complexity index is 505. The van der Waals surface area contributed by atoms with Gasteiger partial charge < -0.3 is 9.64 Å². The highest BCUT2D eigenvalue weighted by molar-refractivity contribution is 7.98. The van der Waals surface area contributed by atoms with Gasteiger partial charge in [0, 0.05) is 10.9 Å². The van der Waals surface area contributed by atoms with E-state index < -0.39 is 5.97 Å². The number of carbonyl (C=O) groups is 2. The van der Waals surface area contributed by atoms with Crippen molar-refractivity contribution in [3.8, 4) is 0 Å². The van der Waals surface area contributed by atoms with E-state index in [4.69, 9.17) is 11.6 Å². The highest BCUT2D eigenvalue weighted by Crippen LogP contribution is 2.24. The van der Waals surface area contributed by atoms with E-state index in [1.807, 2.05) is 26.2 Å². The van der Waals surface area contributed by atoms with Gasteiger partial charge in [-0.1, -0.05) is 11.6 Å². The molecule has 0 atom stereocenters. The third kappa shape index (κ3) is 4.15. The first-order valence-corrected chi connectivity index (χ1v) is 7.72. The molecule has 6 heteroatoms. The van der Waals surface area contributed by atoms with Gasteiger partial charge >= 0.3 is 5.97 Å². The van der Waals surface area contributed by atoms with Crippen LogP contribution in [0.15, 0.2) is 23.1 Å². The van der Waals surface area contributed by atoms with Crippen molar-refractivity contribution < 1.29 is 14.3 Å². The SMILES string of the molecule is COC(=O)CN(C(=O)c1cc(SC)ccc1Cl)C(C)C. The van der Waals surface area contributed by atoms with Crippen molar-refractivity contribution in [2.24, 2.45) is 0 Å². The van der Waals surface area contributed by atoms with Crippen LogP contribution in [0.5, 0.6) is 0 Å². The number of ether oxygens (including phenoxy) is 1. The summed E-state index contributed by atoms with van der Waals surface area (Å²) in [4.78, 5) is 26.4. The summed E-state index contributed by atoms with van der Waals surface area (Å²) in [5, 5.41) is 0.378. The van der Waals surface area contributed by atoms with E-state index in [9.17, 15) is 9.59 Å². The molecule has 1 aromatic carbocycles. The second kappa shape index (κ2) is 7.55. The van der Waals surface area contributed by atoms with Crippen LogP contribution in [0.2, 0.25) is 5.02 Å². The minimum atomic E-state index is -0.454. The van der Waals surface area contributed by atoms with E-state index in [0.717, 1.165) is 4.90 Å². The quantitative estimate of drug-likeness (QED) is 0.619. The normalized spacial score (nSPS) is 10.5. The van der Waals surface area contributed by atoms with Gasteiger partial charge in [0.05, 0.1) is 17.7 Å². The van der Waals surface area contributed by atoms with Gasteiger partial charge in [-0.05, 0) is 38.3 Å². The van der Waals surface area contributed by atoms with Crippen LogP contribution in [0.3, 0.4) is 0 Å². The minimum absolute atomic E-state index is 0.0905. The Morgan fingerprint density at radius 1 is 1.40 bits per heavy atom. The summed E-state index contributed by atoms with van der Waals surface area (Å²) in [5.74, 6) is -0.726. The van der Waals surface area contributed by atoms with Crippen LogP contribution in [-0.2, 0) is 9.53 Å². The molecule has 0 fully saturated rings.